The van der Waals surface area contributed by atoms with Crippen LogP contribution >= 0.6 is 11.8 Å². The Kier molecular flexibility index (Phi) is 6.43. The third-order valence-corrected chi connectivity index (χ3v) is 5.68. The number of carboxylic acid groups (broad SMARTS) is 1. The smallest absolute Gasteiger partial charge is 0.411 e. The zero-order valence-corrected chi connectivity index (χ0v) is 16.9. The molecule has 1 aliphatic carbocycles. The molecule has 1 atom stereocenters. The van der Waals surface area contributed by atoms with Crippen LogP contribution in [-0.4, -0.2) is 52.8 Å². The Morgan fingerprint density at radius 3 is 2.14 bits per heavy atom. The van der Waals surface area contributed by atoms with E-state index in [9.17, 15) is 19.5 Å². The van der Waals surface area contributed by atoms with Crippen LogP contribution < -0.4 is 5.32 Å². The van der Waals surface area contributed by atoms with Crippen LogP contribution in [0.4, 0.5) is 4.79 Å². The standard InChI is InChI=1S/C21H22N2O5S/c1-13(24)22-12-29-11-18(20(25)26)23(21(27)28-2)19-16-9-5-3-7-14(16)15-8-4-6-10-17(15)19/h3-10,18-19H,11-12H2,1-2H3,(H,22,24)(H,25,26)/t18-/m0/s1. The van der Waals surface area contributed by atoms with Crippen LogP contribution in [0.25, 0.3) is 11.1 Å². The van der Waals surface area contributed by atoms with Crippen LogP contribution in [0.1, 0.15) is 24.1 Å². The highest BCUT2D eigenvalue weighted by molar-refractivity contribution is 7.99. The molecule has 8 heteroatoms. The second-order valence-electron chi connectivity index (χ2n) is 6.56. The first-order valence-corrected chi connectivity index (χ1v) is 10.2. The van der Waals surface area contributed by atoms with Gasteiger partial charge in [-0.2, -0.15) is 0 Å². The number of ether oxygens (including phenoxy) is 1. The van der Waals surface area contributed by atoms with Gasteiger partial charge in [0.25, 0.3) is 0 Å². The molecule has 0 radical (unpaired) electrons. The third kappa shape index (κ3) is 4.22. The fraction of sp³-hybridized carbons (Fsp3) is 0.286. The van der Waals surface area contributed by atoms with Gasteiger partial charge in [0.05, 0.1) is 19.0 Å². The van der Waals surface area contributed by atoms with Gasteiger partial charge in [-0.1, -0.05) is 48.5 Å². The summed E-state index contributed by atoms with van der Waals surface area (Å²) in [5.74, 6) is -0.974. The largest absolute Gasteiger partial charge is 0.480 e. The summed E-state index contributed by atoms with van der Waals surface area (Å²) in [4.78, 5) is 37.2. The van der Waals surface area contributed by atoms with Crippen molar-refractivity contribution < 1.29 is 24.2 Å². The topological polar surface area (TPSA) is 95.9 Å². The summed E-state index contributed by atoms with van der Waals surface area (Å²) in [6.45, 7) is 1.39. The zero-order chi connectivity index (χ0) is 21.0. The first-order chi connectivity index (χ1) is 14.0. The van der Waals surface area contributed by atoms with Crippen molar-refractivity contribution in [3.63, 3.8) is 0 Å². The minimum atomic E-state index is -1.13. The molecule has 1 aliphatic rings. The molecule has 2 amide bonds. The Balaban J connectivity index is 2.01. The molecule has 7 nitrogen and oxygen atoms in total. The molecule has 0 saturated heterocycles. The predicted molar refractivity (Wildman–Crippen MR) is 111 cm³/mol. The summed E-state index contributed by atoms with van der Waals surface area (Å²) in [6, 6.07) is 13.6. The van der Waals surface area contributed by atoms with Gasteiger partial charge in [-0.05, 0) is 22.3 Å². The number of carbonyl (C=O) groups excluding carboxylic acids is 2. The van der Waals surface area contributed by atoms with Crippen molar-refractivity contribution in [3.8, 4) is 11.1 Å². The minimum Gasteiger partial charge on any atom is -0.480 e. The van der Waals surface area contributed by atoms with E-state index in [2.05, 4.69) is 5.32 Å². The van der Waals surface area contributed by atoms with Crippen molar-refractivity contribution in [2.45, 2.75) is 19.0 Å². The minimum absolute atomic E-state index is 0.103. The van der Waals surface area contributed by atoms with Crippen LogP contribution in [0, 0.1) is 0 Å². The van der Waals surface area contributed by atoms with Gasteiger partial charge < -0.3 is 15.2 Å². The summed E-state index contributed by atoms with van der Waals surface area (Å²) in [5, 5.41) is 12.5. The molecule has 0 spiro atoms. The highest BCUT2D eigenvalue weighted by atomic mass is 32.2. The van der Waals surface area contributed by atoms with E-state index in [0.29, 0.717) is 0 Å². The molecule has 0 unspecified atom stereocenters. The highest BCUT2D eigenvalue weighted by Crippen LogP contribution is 2.47. The second kappa shape index (κ2) is 9.00. The number of benzene rings is 2. The number of aliphatic carboxylic acids is 1. The molecule has 2 N–H and O–H groups in total. The molecular formula is C21H22N2O5S. The lowest BCUT2D eigenvalue weighted by Gasteiger charge is -2.34. The van der Waals surface area contributed by atoms with Gasteiger partial charge >= 0.3 is 12.1 Å². The van der Waals surface area contributed by atoms with E-state index < -0.39 is 24.1 Å². The maximum atomic E-state index is 12.8. The van der Waals surface area contributed by atoms with E-state index in [4.69, 9.17) is 4.74 Å². The lowest BCUT2D eigenvalue weighted by atomic mass is 10.0. The SMILES string of the molecule is COC(=O)N(C1c2ccccc2-c2ccccc21)[C@@H](CSCNC(C)=O)C(=O)O. The maximum Gasteiger partial charge on any atom is 0.411 e. The van der Waals surface area contributed by atoms with E-state index in [1.807, 2.05) is 48.5 Å². The monoisotopic (exact) mass is 414 g/mol. The van der Waals surface area contributed by atoms with Crippen LogP contribution in [0.2, 0.25) is 0 Å². The Labute approximate surface area is 173 Å². The molecule has 2 aromatic rings. The number of carboxylic acids is 1. The quantitative estimate of drug-likeness (QED) is 0.534. The highest BCUT2D eigenvalue weighted by Gasteiger charge is 2.42. The van der Waals surface area contributed by atoms with Crippen molar-refractivity contribution in [2.24, 2.45) is 0 Å². The lowest BCUT2D eigenvalue weighted by Crippen LogP contribution is -2.48. The number of nitrogens with zero attached hydrogens (tertiary/aromatic N) is 1. The number of hydrogen-bond donors (Lipinski definition) is 2. The summed E-state index contributed by atoms with van der Waals surface area (Å²) >= 11 is 1.23. The summed E-state index contributed by atoms with van der Waals surface area (Å²) < 4.78 is 4.98. The van der Waals surface area contributed by atoms with Gasteiger partial charge in [0, 0.05) is 12.7 Å². The fourth-order valence-corrected chi connectivity index (χ4v) is 4.49. The van der Waals surface area contributed by atoms with Crippen molar-refractivity contribution >= 4 is 29.7 Å². The zero-order valence-electron chi connectivity index (χ0n) is 16.1. The number of fused-ring (bicyclic) bond motifs is 3. The van der Waals surface area contributed by atoms with Crippen molar-refractivity contribution in [1.82, 2.24) is 10.2 Å². The van der Waals surface area contributed by atoms with E-state index in [1.54, 1.807) is 0 Å². The average Bonchev–Trinajstić information content (AvgIpc) is 3.04. The number of thioether (sulfide) groups is 1. The van der Waals surface area contributed by atoms with E-state index in [0.717, 1.165) is 22.3 Å². The molecule has 2 aromatic carbocycles. The first-order valence-electron chi connectivity index (χ1n) is 9.05. The van der Waals surface area contributed by atoms with E-state index >= 15 is 0 Å². The van der Waals surface area contributed by atoms with Gasteiger partial charge in [0.1, 0.15) is 6.04 Å². The number of amides is 2. The number of methoxy groups -OCH3 is 1. The summed E-state index contributed by atoms with van der Waals surface area (Å²) in [5.41, 5.74) is 3.66. The van der Waals surface area contributed by atoms with Crippen molar-refractivity contribution in [3.05, 3.63) is 59.7 Å². The van der Waals surface area contributed by atoms with Gasteiger partial charge in [-0.3, -0.25) is 9.69 Å². The predicted octanol–water partition coefficient (Wildman–Crippen LogP) is 3.10. The Morgan fingerprint density at radius 2 is 1.66 bits per heavy atom. The Morgan fingerprint density at radius 1 is 1.10 bits per heavy atom. The van der Waals surface area contributed by atoms with Crippen LogP contribution in [0.5, 0.6) is 0 Å². The van der Waals surface area contributed by atoms with Gasteiger partial charge in [0.15, 0.2) is 0 Å². The Hall–Kier alpha value is -3.00. The number of nitrogens with one attached hydrogen (secondary N) is 1. The molecule has 0 aromatic heterocycles. The Bertz CT molecular complexity index is 887. The van der Waals surface area contributed by atoms with Crippen LogP contribution in [0.3, 0.4) is 0 Å². The summed E-state index contributed by atoms with van der Waals surface area (Å²) in [7, 11) is 1.24. The first kappa shape index (κ1) is 20.7. The maximum absolute atomic E-state index is 12.8. The second-order valence-corrected chi connectivity index (χ2v) is 7.59. The molecule has 29 heavy (non-hydrogen) atoms. The fourth-order valence-electron chi connectivity index (χ4n) is 3.54. The van der Waals surface area contributed by atoms with Gasteiger partial charge in [0.2, 0.25) is 5.91 Å². The molecule has 0 bridgehead atoms. The molecular weight excluding hydrogens is 392 g/mol. The molecule has 0 heterocycles. The molecule has 0 fully saturated rings. The van der Waals surface area contributed by atoms with Gasteiger partial charge in [-0.15, -0.1) is 11.8 Å². The summed E-state index contributed by atoms with van der Waals surface area (Å²) in [6.07, 6.45) is -0.714. The number of rotatable bonds is 7. The van der Waals surface area contributed by atoms with E-state index in [-0.39, 0.29) is 17.5 Å². The molecule has 3 rings (SSSR count). The molecule has 0 aliphatic heterocycles. The number of carbonyl (C=O) groups is 3. The molecule has 0 saturated carbocycles. The van der Waals surface area contributed by atoms with Crippen LogP contribution in [0.15, 0.2) is 48.5 Å². The van der Waals surface area contributed by atoms with Crippen LogP contribution in [-0.2, 0) is 14.3 Å². The third-order valence-electron chi connectivity index (χ3n) is 4.78. The average molecular weight is 414 g/mol. The lowest BCUT2D eigenvalue weighted by molar-refractivity contribution is -0.142. The van der Waals surface area contributed by atoms with Crippen molar-refractivity contribution in [2.75, 3.05) is 18.7 Å². The van der Waals surface area contributed by atoms with Crippen molar-refractivity contribution in [1.29, 1.82) is 0 Å². The van der Waals surface area contributed by atoms with E-state index in [1.165, 1.54) is 30.7 Å². The molecule has 152 valence electrons. The number of hydrogen-bond acceptors (Lipinski definition) is 5. The van der Waals surface area contributed by atoms with Gasteiger partial charge in [-0.25, -0.2) is 9.59 Å². The normalized spacial score (nSPS) is 13.2.